The van der Waals surface area contributed by atoms with Crippen molar-refractivity contribution >= 4 is 34.8 Å². The minimum atomic E-state index is -0.0769. The fourth-order valence-corrected chi connectivity index (χ4v) is 4.77. The molecule has 0 spiro atoms. The SMILES string of the molecule is CNC1CCCN(C(C)C(=O)N(c2nccs2)C2CCCCC2)C1.Cl. The molecule has 1 aromatic heterocycles. The summed E-state index contributed by atoms with van der Waals surface area (Å²) in [6, 6.07) is 0.744. The topological polar surface area (TPSA) is 48.5 Å². The summed E-state index contributed by atoms with van der Waals surface area (Å²) in [5.74, 6) is 0.230. The Kier molecular flexibility index (Phi) is 8.13. The van der Waals surface area contributed by atoms with Gasteiger partial charge in [0.2, 0.25) is 5.91 Å². The molecule has 7 heteroatoms. The molecule has 5 nitrogen and oxygen atoms in total. The van der Waals surface area contributed by atoms with Crippen LogP contribution in [0, 0.1) is 0 Å². The van der Waals surface area contributed by atoms with Crippen molar-refractivity contribution in [2.24, 2.45) is 0 Å². The Morgan fingerprint density at radius 3 is 2.72 bits per heavy atom. The number of likely N-dealkylation sites (tertiary alicyclic amines) is 1. The maximum Gasteiger partial charge on any atom is 0.246 e. The molecule has 2 fully saturated rings. The third-order valence-corrected chi connectivity index (χ3v) is 6.34. The number of carbonyl (C=O) groups excluding carboxylic acids is 1. The average molecular weight is 387 g/mol. The maximum atomic E-state index is 13.4. The first-order chi connectivity index (χ1) is 11.7. The Morgan fingerprint density at radius 2 is 2.08 bits per heavy atom. The molecule has 0 radical (unpaired) electrons. The van der Waals surface area contributed by atoms with E-state index in [4.69, 9.17) is 0 Å². The molecule has 3 rings (SSSR count). The predicted octanol–water partition coefficient (Wildman–Crippen LogP) is 3.30. The lowest BCUT2D eigenvalue weighted by molar-refractivity contribution is -0.124. The lowest BCUT2D eigenvalue weighted by atomic mass is 9.94. The summed E-state index contributed by atoms with van der Waals surface area (Å²) in [6.07, 6.45) is 10.1. The van der Waals surface area contributed by atoms with Crippen LogP contribution in [0.5, 0.6) is 0 Å². The zero-order chi connectivity index (χ0) is 16.9. The number of aromatic nitrogens is 1. The number of nitrogens with one attached hydrogen (secondary N) is 1. The van der Waals surface area contributed by atoms with Crippen LogP contribution in [-0.4, -0.2) is 54.1 Å². The van der Waals surface area contributed by atoms with Crippen LogP contribution >= 0.6 is 23.7 Å². The van der Waals surface area contributed by atoms with E-state index in [9.17, 15) is 4.79 Å². The van der Waals surface area contributed by atoms with Gasteiger partial charge in [-0.2, -0.15) is 0 Å². The molecule has 2 heterocycles. The van der Waals surface area contributed by atoms with Crippen LogP contribution < -0.4 is 10.2 Å². The van der Waals surface area contributed by atoms with Gasteiger partial charge in [0.05, 0.1) is 6.04 Å². The number of thiazole rings is 1. The summed E-state index contributed by atoms with van der Waals surface area (Å²) >= 11 is 1.59. The van der Waals surface area contributed by atoms with Gasteiger partial charge < -0.3 is 5.32 Å². The Labute approximate surface area is 161 Å². The number of halogens is 1. The first kappa shape index (κ1) is 20.6. The Balaban J connectivity index is 0.00000225. The third kappa shape index (κ3) is 4.94. The Hall–Kier alpha value is -0.690. The highest BCUT2D eigenvalue weighted by Crippen LogP contribution is 2.30. The number of piperidine rings is 1. The highest BCUT2D eigenvalue weighted by Gasteiger charge is 2.35. The third-order valence-electron chi connectivity index (χ3n) is 5.57. The van der Waals surface area contributed by atoms with Crippen molar-refractivity contribution in [3.63, 3.8) is 0 Å². The number of likely N-dealkylation sites (N-methyl/N-ethyl adjacent to an activating group) is 1. The molecule has 0 bridgehead atoms. The van der Waals surface area contributed by atoms with Gasteiger partial charge in [-0.1, -0.05) is 19.3 Å². The van der Waals surface area contributed by atoms with Gasteiger partial charge in [0.1, 0.15) is 0 Å². The van der Waals surface area contributed by atoms with E-state index in [2.05, 4.69) is 22.1 Å². The molecule has 25 heavy (non-hydrogen) atoms. The summed E-state index contributed by atoms with van der Waals surface area (Å²) in [7, 11) is 2.02. The van der Waals surface area contributed by atoms with Gasteiger partial charge in [-0.05, 0) is 46.2 Å². The normalized spacial score (nSPS) is 23.7. The van der Waals surface area contributed by atoms with Crippen molar-refractivity contribution in [2.45, 2.75) is 70.0 Å². The molecule has 1 aliphatic heterocycles. The Bertz CT molecular complexity index is 521. The van der Waals surface area contributed by atoms with E-state index in [1.807, 2.05) is 23.5 Å². The van der Waals surface area contributed by atoms with E-state index in [0.29, 0.717) is 12.1 Å². The van der Waals surface area contributed by atoms with Crippen LogP contribution in [0.25, 0.3) is 0 Å². The molecule has 1 aromatic rings. The number of anilines is 1. The number of hydrogen-bond donors (Lipinski definition) is 1. The molecule has 0 aromatic carbocycles. The van der Waals surface area contributed by atoms with Crippen molar-refractivity contribution in [3.8, 4) is 0 Å². The molecule has 1 amide bonds. The summed E-state index contributed by atoms with van der Waals surface area (Å²) < 4.78 is 0. The quantitative estimate of drug-likeness (QED) is 0.843. The molecular formula is C18H31ClN4OS. The fourth-order valence-electron chi connectivity index (χ4n) is 4.06. The van der Waals surface area contributed by atoms with Crippen LogP contribution in [0.1, 0.15) is 51.9 Å². The van der Waals surface area contributed by atoms with Crippen molar-refractivity contribution in [3.05, 3.63) is 11.6 Å². The smallest absolute Gasteiger partial charge is 0.246 e. The Morgan fingerprint density at radius 1 is 1.32 bits per heavy atom. The first-order valence-electron chi connectivity index (χ1n) is 9.34. The van der Waals surface area contributed by atoms with Crippen LogP contribution in [0.2, 0.25) is 0 Å². The van der Waals surface area contributed by atoms with E-state index in [0.717, 1.165) is 37.5 Å². The molecule has 1 N–H and O–H groups in total. The van der Waals surface area contributed by atoms with Crippen molar-refractivity contribution < 1.29 is 4.79 Å². The monoisotopic (exact) mass is 386 g/mol. The van der Waals surface area contributed by atoms with Crippen molar-refractivity contribution in [1.82, 2.24) is 15.2 Å². The van der Waals surface area contributed by atoms with Gasteiger partial charge in [-0.25, -0.2) is 4.98 Å². The summed E-state index contributed by atoms with van der Waals surface area (Å²) in [4.78, 5) is 22.2. The molecule has 1 saturated carbocycles. The largest absolute Gasteiger partial charge is 0.316 e. The summed E-state index contributed by atoms with van der Waals surface area (Å²) in [6.45, 7) is 4.05. The van der Waals surface area contributed by atoms with Gasteiger partial charge in [0.15, 0.2) is 5.13 Å². The molecule has 1 aliphatic carbocycles. The molecule has 1 saturated heterocycles. The fraction of sp³-hybridized carbons (Fsp3) is 0.778. The van der Waals surface area contributed by atoms with E-state index in [-0.39, 0.29) is 24.4 Å². The molecule has 2 atom stereocenters. The summed E-state index contributed by atoms with van der Waals surface area (Å²) in [5.41, 5.74) is 0. The zero-order valence-electron chi connectivity index (χ0n) is 15.3. The molecule has 2 unspecified atom stereocenters. The van der Waals surface area contributed by atoms with Crippen molar-refractivity contribution in [1.29, 1.82) is 0 Å². The molecular weight excluding hydrogens is 356 g/mol. The maximum absolute atomic E-state index is 13.4. The van der Waals surface area contributed by atoms with Crippen LogP contribution in [0.15, 0.2) is 11.6 Å². The average Bonchev–Trinajstić information content (AvgIpc) is 3.16. The number of carbonyl (C=O) groups is 1. The van der Waals surface area contributed by atoms with Crippen molar-refractivity contribution in [2.75, 3.05) is 25.0 Å². The predicted molar refractivity (Wildman–Crippen MR) is 107 cm³/mol. The second kappa shape index (κ2) is 9.86. The number of nitrogens with zero attached hydrogens (tertiary/aromatic N) is 3. The van der Waals surface area contributed by atoms with Crippen LogP contribution in [-0.2, 0) is 4.79 Å². The van der Waals surface area contributed by atoms with E-state index in [1.165, 1.54) is 25.7 Å². The molecule has 142 valence electrons. The van der Waals surface area contributed by atoms with Crippen LogP contribution in [0.4, 0.5) is 5.13 Å². The lowest BCUT2D eigenvalue weighted by Crippen LogP contribution is -2.55. The number of hydrogen-bond acceptors (Lipinski definition) is 5. The molecule has 2 aliphatic rings. The number of rotatable bonds is 5. The second-order valence-electron chi connectivity index (χ2n) is 7.11. The van der Waals surface area contributed by atoms with Gasteiger partial charge in [-0.3, -0.25) is 14.6 Å². The second-order valence-corrected chi connectivity index (χ2v) is 7.99. The van der Waals surface area contributed by atoms with E-state index >= 15 is 0 Å². The van der Waals surface area contributed by atoms with Gasteiger partial charge >= 0.3 is 0 Å². The lowest BCUT2D eigenvalue weighted by Gasteiger charge is -2.40. The summed E-state index contributed by atoms with van der Waals surface area (Å²) in [5, 5.41) is 6.22. The van der Waals surface area contributed by atoms with Gasteiger partial charge in [0.25, 0.3) is 0 Å². The first-order valence-corrected chi connectivity index (χ1v) is 10.2. The van der Waals surface area contributed by atoms with E-state index < -0.39 is 0 Å². The minimum Gasteiger partial charge on any atom is -0.316 e. The highest BCUT2D eigenvalue weighted by atomic mass is 35.5. The number of amides is 1. The zero-order valence-corrected chi connectivity index (χ0v) is 17.0. The van der Waals surface area contributed by atoms with Crippen LogP contribution in [0.3, 0.4) is 0 Å². The standard InChI is InChI=1S/C18H30N4OS.ClH/c1-14(21-11-6-7-15(13-21)19-2)17(23)22(18-20-10-12-24-18)16-8-4-3-5-9-16;/h10,12,14-16,19H,3-9,11,13H2,1-2H3;1H. The minimum absolute atomic E-state index is 0. The van der Waals surface area contributed by atoms with Gasteiger partial charge in [-0.15, -0.1) is 23.7 Å². The van der Waals surface area contributed by atoms with Gasteiger partial charge in [0, 0.05) is 30.2 Å². The van der Waals surface area contributed by atoms with E-state index in [1.54, 1.807) is 11.3 Å². The highest BCUT2D eigenvalue weighted by molar-refractivity contribution is 7.13.